The van der Waals surface area contributed by atoms with Gasteiger partial charge in [-0.05, 0) is 25.0 Å². The number of rotatable bonds is 9. The lowest BCUT2D eigenvalue weighted by Gasteiger charge is -2.30. The van der Waals surface area contributed by atoms with Gasteiger partial charge in [-0.2, -0.15) is 0 Å². The predicted molar refractivity (Wildman–Crippen MR) is 123 cm³/mol. The molecule has 1 aliphatic heterocycles. The van der Waals surface area contributed by atoms with E-state index >= 15 is 4.39 Å². The summed E-state index contributed by atoms with van der Waals surface area (Å²) in [7, 11) is 0. The highest BCUT2D eigenvalue weighted by atomic mass is 19.1. The molecule has 0 spiro atoms. The van der Waals surface area contributed by atoms with Crippen LogP contribution in [0.2, 0.25) is 0 Å². The van der Waals surface area contributed by atoms with Crippen LogP contribution in [0.25, 0.3) is 10.9 Å². The van der Waals surface area contributed by atoms with Crippen molar-refractivity contribution in [3.05, 3.63) is 39.9 Å². The average molecular weight is 496 g/mol. The lowest BCUT2D eigenvalue weighted by atomic mass is 10.0. The van der Waals surface area contributed by atoms with Crippen molar-refractivity contribution in [2.75, 3.05) is 44.3 Å². The Morgan fingerprint density at radius 1 is 1.11 bits per heavy atom. The second-order valence-corrected chi connectivity index (χ2v) is 8.97. The monoisotopic (exact) mass is 495 g/mol. The maximum absolute atomic E-state index is 15.0. The third kappa shape index (κ3) is 5.32. The van der Waals surface area contributed by atoms with Crippen molar-refractivity contribution >= 4 is 22.6 Å². The molecule has 1 aliphatic carbocycles. The summed E-state index contributed by atoms with van der Waals surface area (Å²) in [5.41, 5.74) is -0.167. The summed E-state index contributed by atoms with van der Waals surface area (Å²) in [6.45, 7) is 1.04. The molecule has 12 heteroatoms. The van der Waals surface area contributed by atoms with Gasteiger partial charge in [0.25, 0.3) is 0 Å². The molecule has 0 amide bonds. The molecule has 35 heavy (non-hydrogen) atoms. The zero-order valence-corrected chi connectivity index (χ0v) is 19.0. The number of hydrogen-bond donors (Lipinski definition) is 6. The Kier molecular flexibility index (Phi) is 7.69. The van der Waals surface area contributed by atoms with Gasteiger partial charge in [0.2, 0.25) is 5.43 Å². The Hall–Kier alpha value is -2.61. The minimum absolute atomic E-state index is 0.0322. The van der Waals surface area contributed by atoms with Gasteiger partial charge in [-0.3, -0.25) is 4.79 Å². The van der Waals surface area contributed by atoms with E-state index in [0.717, 1.165) is 18.9 Å². The number of nitrogens with one attached hydrogen (secondary N) is 1. The second-order valence-electron chi connectivity index (χ2n) is 8.97. The lowest BCUT2D eigenvalue weighted by molar-refractivity contribution is -0.124. The number of piperazine rings is 1. The summed E-state index contributed by atoms with van der Waals surface area (Å²) in [5, 5.41) is 51.0. The maximum Gasteiger partial charge on any atom is 0.343 e. The van der Waals surface area contributed by atoms with Gasteiger partial charge >= 0.3 is 5.97 Å². The van der Waals surface area contributed by atoms with Gasteiger partial charge in [-0.25, -0.2) is 9.18 Å². The molecule has 0 radical (unpaired) electrons. The predicted octanol–water partition coefficient (Wildman–Crippen LogP) is -1.52. The Balaban J connectivity index is 1.60. The number of hydrogen-bond acceptors (Lipinski definition) is 10. The van der Waals surface area contributed by atoms with Crippen LogP contribution in [-0.2, 0) is 4.74 Å². The van der Waals surface area contributed by atoms with Gasteiger partial charge in [0.15, 0.2) is 0 Å². The number of aliphatic hydroxyl groups is 5. The lowest BCUT2D eigenvalue weighted by Crippen LogP contribution is -2.47. The molecule has 1 saturated heterocycles. The number of fused-ring (bicyclic) bond motifs is 1. The number of pyridine rings is 1. The normalized spacial score (nSPS) is 19.9. The zero-order chi connectivity index (χ0) is 25.3. The van der Waals surface area contributed by atoms with Crippen LogP contribution in [0.5, 0.6) is 0 Å². The molecule has 0 bridgehead atoms. The van der Waals surface area contributed by atoms with E-state index in [4.69, 9.17) is 9.84 Å². The molecule has 1 saturated carbocycles. The highest BCUT2D eigenvalue weighted by Gasteiger charge is 2.32. The van der Waals surface area contributed by atoms with Crippen LogP contribution < -0.4 is 15.6 Å². The first-order valence-electron chi connectivity index (χ1n) is 11.6. The number of carbonyl (C=O) groups is 1. The summed E-state index contributed by atoms with van der Waals surface area (Å²) in [6.07, 6.45) is -4.25. The fourth-order valence-electron chi connectivity index (χ4n) is 4.21. The van der Waals surface area contributed by atoms with Crippen LogP contribution in [0.15, 0.2) is 23.1 Å². The van der Waals surface area contributed by atoms with Gasteiger partial charge < -0.3 is 45.1 Å². The first-order chi connectivity index (χ1) is 16.7. The van der Waals surface area contributed by atoms with E-state index in [1.807, 2.05) is 4.90 Å². The van der Waals surface area contributed by atoms with E-state index in [1.54, 1.807) is 10.6 Å². The van der Waals surface area contributed by atoms with Crippen LogP contribution in [-0.4, -0.2) is 99.9 Å². The molecule has 1 aromatic heterocycles. The van der Waals surface area contributed by atoms with Gasteiger partial charge in [0, 0.05) is 43.8 Å². The summed E-state index contributed by atoms with van der Waals surface area (Å²) in [4.78, 5) is 27.7. The molecule has 1 aromatic carbocycles. The van der Waals surface area contributed by atoms with Gasteiger partial charge in [-0.15, -0.1) is 0 Å². The topological polar surface area (TPSA) is 165 Å². The molecule has 4 rings (SSSR count). The van der Waals surface area contributed by atoms with Gasteiger partial charge in [0.05, 0.1) is 17.8 Å². The number of esters is 1. The van der Waals surface area contributed by atoms with Crippen molar-refractivity contribution in [1.29, 1.82) is 0 Å². The summed E-state index contributed by atoms with van der Waals surface area (Å²) in [5.74, 6) is -1.65. The summed E-state index contributed by atoms with van der Waals surface area (Å²) in [6, 6.07) is 2.82. The van der Waals surface area contributed by atoms with Crippen molar-refractivity contribution in [3.8, 4) is 0 Å². The fraction of sp³-hybridized carbons (Fsp3) is 0.565. The van der Waals surface area contributed by atoms with Crippen LogP contribution in [0.4, 0.5) is 10.1 Å². The van der Waals surface area contributed by atoms with E-state index in [9.17, 15) is 30.0 Å². The van der Waals surface area contributed by atoms with Gasteiger partial charge in [-0.1, -0.05) is 0 Å². The minimum atomic E-state index is -1.91. The quantitative estimate of drug-likeness (QED) is 0.225. The molecule has 11 nitrogen and oxygen atoms in total. The van der Waals surface area contributed by atoms with Crippen LogP contribution in [0.1, 0.15) is 29.2 Å². The van der Waals surface area contributed by atoms with Crippen molar-refractivity contribution in [2.45, 2.75) is 43.3 Å². The second kappa shape index (κ2) is 10.6. The third-order valence-corrected chi connectivity index (χ3v) is 6.43. The third-order valence-electron chi connectivity index (χ3n) is 6.43. The SMILES string of the molecule is O=C(OC[C@@H](O)[C@@H](O)[C@H](O)[C@H](O)CO)c1cn(C2CC2)c2cc(N3CCNCC3)c(F)cc2c1=O. The molecule has 6 N–H and O–H groups in total. The minimum Gasteiger partial charge on any atom is -0.459 e. The zero-order valence-electron chi connectivity index (χ0n) is 19.0. The highest BCUT2D eigenvalue weighted by Crippen LogP contribution is 2.38. The molecular formula is C23H30FN3O8. The number of carbonyl (C=O) groups excluding carboxylic acids is 1. The largest absolute Gasteiger partial charge is 0.459 e. The van der Waals surface area contributed by atoms with Crippen molar-refractivity contribution in [1.82, 2.24) is 9.88 Å². The molecule has 192 valence electrons. The van der Waals surface area contributed by atoms with E-state index in [0.29, 0.717) is 37.4 Å². The summed E-state index contributed by atoms with van der Waals surface area (Å²) >= 11 is 0. The summed E-state index contributed by atoms with van der Waals surface area (Å²) < 4.78 is 21.8. The van der Waals surface area contributed by atoms with Crippen LogP contribution in [0, 0.1) is 5.82 Å². The van der Waals surface area contributed by atoms with E-state index < -0.39 is 54.8 Å². The van der Waals surface area contributed by atoms with Crippen LogP contribution >= 0.6 is 0 Å². The van der Waals surface area contributed by atoms with Crippen molar-refractivity contribution in [2.24, 2.45) is 0 Å². The number of nitrogens with zero attached hydrogens (tertiary/aromatic N) is 2. The number of benzene rings is 1. The first-order valence-corrected chi connectivity index (χ1v) is 11.6. The Morgan fingerprint density at radius 3 is 2.40 bits per heavy atom. The fourth-order valence-corrected chi connectivity index (χ4v) is 4.21. The number of aliphatic hydroxyl groups excluding tert-OH is 5. The highest BCUT2D eigenvalue weighted by molar-refractivity contribution is 5.94. The molecule has 2 heterocycles. The molecule has 4 atom stereocenters. The first kappa shape index (κ1) is 25.5. The number of anilines is 1. The van der Waals surface area contributed by atoms with Crippen molar-refractivity contribution < 1.29 is 39.5 Å². The van der Waals surface area contributed by atoms with E-state index in [-0.39, 0.29) is 17.0 Å². The Bertz CT molecular complexity index is 1130. The standard InChI is InChI=1S/C23H30FN3O8/c24-15-7-13-16(8-17(15)26-5-3-25-4-6-26)27(12-1-2-12)9-14(20(13)31)23(34)35-11-19(30)22(33)21(32)18(29)10-28/h7-9,12,18-19,21-22,25,28-30,32-33H,1-6,10-11H2/t18-,19-,21-,22-/m1/s1. The number of ether oxygens (including phenoxy) is 1. The van der Waals surface area contributed by atoms with Gasteiger partial charge in [0.1, 0.15) is 42.4 Å². The van der Waals surface area contributed by atoms with E-state index in [1.165, 1.54) is 6.20 Å². The van der Waals surface area contributed by atoms with Crippen molar-refractivity contribution in [3.63, 3.8) is 0 Å². The Labute approximate surface area is 200 Å². The smallest absolute Gasteiger partial charge is 0.343 e. The Morgan fingerprint density at radius 2 is 1.77 bits per heavy atom. The maximum atomic E-state index is 15.0. The molecule has 2 aromatic rings. The van der Waals surface area contributed by atoms with E-state index in [2.05, 4.69) is 5.32 Å². The molecule has 2 aliphatic rings. The molecule has 2 fully saturated rings. The molecule has 0 unspecified atom stereocenters. The number of halogens is 1. The van der Waals surface area contributed by atoms with Crippen LogP contribution in [0.3, 0.4) is 0 Å². The molecular weight excluding hydrogens is 465 g/mol. The average Bonchev–Trinajstić information content (AvgIpc) is 3.71. The number of aromatic nitrogens is 1.